The molecule has 0 amide bonds. The summed E-state index contributed by atoms with van der Waals surface area (Å²) in [7, 11) is -3.60. The Morgan fingerprint density at radius 2 is 1.89 bits per heavy atom. The summed E-state index contributed by atoms with van der Waals surface area (Å²) in [6.07, 6.45) is 1.84. The molecule has 1 aromatic rings. The lowest BCUT2D eigenvalue weighted by Gasteiger charge is -2.21. The molecule has 0 spiro atoms. The second-order valence-corrected chi connectivity index (χ2v) is 7.31. The Kier molecular flexibility index (Phi) is 5.12. The van der Waals surface area contributed by atoms with Crippen LogP contribution in [0.15, 0.2) is 9.00 Å². The van der Waals surface area contributed by atoms with Gasteiger partial charge in [-0.3, -0.25) is 4.79 Å². The molecule has 0 aromatic carbocycles. The van der Waals surface area contributed by atoms with Crippen LogP contribution in [-0.4, -0.2) is 19.4 Å². The molecule has 1 heterocycles. The van der Waals surface area contributed by atoms with Crippen LogP contribution in [0.5, 0.6) is 0 Å². The largest absolute Gasteiger partial charge is 0.315 e. The molecule has 104 valence electrons. The van der Waals surface area contributed by atoms with Crippen molar-refractivity contribution in [1.29, 1.82) is 0 Å². The molecular weight excluding hydrogens is 272 g/mol. The molecule has 0 saturated carbocycles. The van der Waals surface area contributed by atoms with Crippen molar-refractivity contribution in [2.75, 3.05) is 0 Å². The maximum Gasteiger partial charge on any atom is 0.305 e. The number of hydrogen-bond acceptors (Lipinski definition) is 4. The Labute approximate surface area is 112 Å². The zero-order valence-electron chi connectivity index (χ0n) is 11.1. The standard InChI is InChI=1S/C11H20N2O3S2/c1-5-9(6-2)7(3)13-18(15,16)10-8(4)12-11(14)17-10/h7,9,13H,5-6H2,1-4H3,(H,12,14). The van der Waals surface area contributed by atoms with Crippen molar-refractivity contribution in [3.63, 3.8) is 0 Å². The Hall–Kier alpha value is -0.660. The minimum absolute atomic E-state index is 0.0882. The molecule has 1 rings (SSSR count). The lowest BCUT2D eigenvalue weighted by Crippen LogP contribution is -2.37. The number of H-pyrrole nitrogens is 1. The zero-order chi connectivity index (χ0) is 13.9. The molecule has 0 saturated heterocycles. The van der Waals surface area contributed by atoms with Crippen LogP contribution in [-0.2, 0) is 10.0 Å². The highest BCUT2D eigenvalue weighted by atomic mass is 32.2. The molecule has 7 heteroatoms. The summed E-state index contributed by atoms with van der Waals surface area (Å²) in [6, 6.07) is -0.137. The van der Waals surface area contributed by atoms with Gasteiger partial charge in [0.25, 0.3) is 10.0 Å². The van der Waals surface area contributed by atoms with E-state index in [1.165, 1.54) is 0 Å². The first-order valence-corrected chi connectivity index (χ1v) is 8.33. The lowest BCUT2D eigenvalue weighted by molar-refractivity contribution is 0.391. The van der Waals surface area contributed by atoms with Gasteiger partial charge in [-0.1, -0.05) is 38.0 Å². The molecule has 0 radical (unpaired) electrons. The normalized spacial score (nSPS) is 14.1. The Bertz CT molecular complexity index is 541. The molecule has 0 aliphatic carbocycles. The summed E-state index contributed by atoms with van der Waals surface area (Å²) >= 11 is 0.729. The highest BCUT2D eigenvalue weighted by Gasteiger charge is 2.25. The summed E-state index contributed by atoms with van der Waals surface area (Å²) in [6.45, 7) is 7.53. The summed E-state index contributed by atoms with van der Waals surface area (Å²) in [5, 5.41) is 0. The van der Waals surface area contributed by atoms with Gasteiger partial charge < -0.3 is 4.98 Å². The Morgan fingerprint density at radius 3 is 2.28 bits per heavy atom. The SMILES string of the molecule is CCC(CC)C(C)NS(=O)(=O)c1sc(=O)[nH]c1C. The molecule has 1 aromatic heterocycles. The summed E-state index contributed by atoms with van der Waals surface area (Å²) in [5.74, 6) is 0.302. The third-order valence-electron chi connectivity index (χ3n) is 3.12. The van der Waals surface area contributed by atoms with E-state index < -0.39 is 10.0 Å². The van der Waals surface area contributed by atoms with Crippen LogP contribution >= 0.6 is 11.3 Å². The van der Waals surface area contributed by atoms with E-state index in [1.807, 2.05) is 20.8 Å². The number of aryl methyl sites for hydroxylation is 1. The minimum atomic E-state index is -3.60. The fourth-order valence-electron chi connectivity index (χ4n) is 2.04. The van der Waals surface area contributed by atoms with Gasteiger partial charge in [-0.25, -0.2) is 13.1 Å². The van der Waals surface area contributed by atoms with Crippen LogP contribution < -0.4 is 9.60 Å². The molecule has 5 nitrogen and oxygen atoms in total. The zero-order valence-corrected chi connectivity index (χ0v) is 12.7. The van der Waals surface area contributed by atoms with Gasteiger partial charge in [0.05, 0.1) is 0 Å². The van der Waals surface area contributed by atoms with Crippen LogP contribution in [0.2, 0.25) is 0 Å². The third kappa shape index (κ3) is 3.43. The molecule has 0 aliphatic rings. The first-order chi connectivity index (χ1) is 8.31. The van der Waals surface area contributed by atoms with Gasteiger partial charge in [-0.15, -0.1) is 0 Å². The van der Waals surface area contributed by atoms with E-state index >= 15 is 0 Å². The van der Waals surface area contributed by atoms with E-state index in [2.05, 4.69) is 9.71 Å². The fraction of sp³-hybridized carbons (Fsp3) is 0.727. The van der Waals surface area contributed by atoms with Crippen molar-refractivity contribution in [3.05, 3.63) is 15.4 Å². The maximum atomic E-state index is 12.2. The number of thiazole rings is 1. The van der Waals surface area contributed by atoms with Crippen molar-refractivity contribution < 1.29 is 8.42 Å². The van der Waals surface area contributed by atoms with Crippen molar-refractivity contribution in [1.82, 2.24) is 9.71 Å². The number of sulfonamides is 1. The van der Waals surface area contributed by atoms with Gasteiger partial charge >= 0.3 is 4.87 Å². The molecule has 2 N–H and O–H groups in total. The number of aromatic amines is 1. The van der Waals surface area contributed by atoms with Crippen LogP contribution in [0, 0.1) is 12.8 Å². The van der Waals surface area contributed by atoms with Gasteiger partial charge in [0.15, 0.2) is 4.21 Å². The monoisotopic (exact) mass is 292 g/mol. The molecule has 0 aliphatic heterocycles. The molecule has 0 bridgehead atoms. The van der Waals surface area contributed by atoms with E-state index in [1.54, 1.807) is 6.92 Å². The smallest absolute Gasteiger partial charge is 0.305 e. The highest BCUT2D eigenvalue weighted by molar-refractivity contribution is 7.91. The average molecular weight is 292 g/mol. The minimum Gasteiger partial charge on any atom is -0.315 e. The Balaban J connectivity index is 2.95. The predicted molar refractivity (Wildman–Crippen MR) is 73.5 cm³/mol. The Morgan fingerprint density at radius 1 is 1.33 bits per heavy atom. The van der Waals surface area contributed by atoms with Crippen molar-refractivity contribution >= 4 is 21.4 Å². The van der Waals surface area contributed by atoms with Crippen molar-refractivity contribution in [3.8, 4) is 0 Å². The first-order valence-electron chi connectivity index (χ1n) is 6.03. The van der Waals surface area contributed by atoms with Gasteiger partial charge in [0, 0.05) is 11.7 Å². The lowest BCUT2D eigenvalue weighted by atomic mass is 9.96. The van der Waals surface area contributed by atoms with Crippen molar-refractivity contribution in [2.24, 2.45) is 5.92 Å². The molecule has 0 fully saturated rings. The summed E-state index contributed by atoms with van der Waals surface area (Å²) in [5.41, 5.74) is 0.397. The molecule has 1 unspecified atom stereocenters. The van der Waals surface area contributed by atoms with Gasteiger partial charge in [-0.05, 0) is 19.8 Å². The molecular formula is C11H20N2O3S2. The number of nitrogens with one attached hydrogen (secondary N) is 2. The maximum absolute atomic E-state index is 12.2. The second kappa shape index (κ2) is 5.99. The number of rotatable bonds is 6. The third-order valence-corrected chi connectivity index (χ3v) is 6.29. The number of aromatic nitrogens is 1. The van der Waals surface area contributed by atoms with E-state index in [0.717, 1.165) is 24.2 Å². The average Bonchev–Trinajstić information content (AvgIpc) is 2.59. The van der Waals surface area contributed by atoms with Gasteiger partial charge in [-0.2, -0.15) is 0 Å². The topological polar surface area (TPSA) is 79.0 Å². The van der Waals surface area contributed by atoms with Crippen LogP contribution in [0.4, 0.5) is 0 Å². The van der Waals surface area contributed by atoms with E-state index in [4.69, 9.17) is 0 Å². The van der Waals surface area contributed by atoms with Gasteiger partial charge in [0.1, 0.15) is 0 Å². The number of hydrogen-bond donors (Lipinski definition) is 2. The molecule has 1 atom stereocenters. The fourth-order valence-corrected chi connectivity index (χ4v) is 4.67. The van der Waals surface area contributed by atoms with Crippen LogP contribution in [0.25, 0.3) is 0 Å². The highest BCUT2D eigenvalue weighted by Crippen LogP contribution is 2.19. The predicted octanol–water partition coefficient (Wildman–Crippen LogP) is 1.85. The van der Waals surface area contributed by atoms with Gasteiger partial charge in [0.2, 0.25) is 0 Å². The van der Waals surface area contributed by atoms with Crippen LogP contribution in [0.3, 0.4) is 0 Å². The van der Waals surface area contributed by atoms with Crippen LogP contribution in [0.1, 0.15) is 39.3 Å². The van der Waals surface area contributed by atoms with E-state index in [9.17, 15) is 13.2 Å². The first kappa shape index (κ1) is 15.4. The molecule has 18 heavy (non-hydrogen) atoms. The van der Waals surface area contributed by atoms with Crippen molar-refractivity contribution in [2.45, 2.75) is 50.8 Å². The second-order valence-electron chi connectivity index (χ2n) is 4.41. The summed E-state index contributed by atoms with van der Waals surface area (Å²) < 4.78 is 27.0. The van der Waals surface area contributed by atoms with E-state index in [0.29, 0.717) is 11.6 Å². The quantitative estimate of drug-likeness (QED) is 0.839. The van der Waals surface area contributed by atoms with E-state index in [-0.39, 0.29) is 15.1 Å². The summed E-state index contributed by atoms with van der Waals surface area (Å²) in [4.78, 5) is 13.3.